The lowest BCUT2D eigenvalue weighted by Gasteiger charge is -2.24. The minimum atomic E-state index is -1.13. The van der Waals surface area contributed by atoms with Gasteiger partial charge in [0.1, 0.15) is 5.60 Å². The molecular formula is C15H18O3. The van der Waals surface area contributed by atoms with Gasteiger partial charge in [0, 0.05) is 6.42 Å². The van der Waals surface area contributed by atoms with Gasteiger partial charge < -0.3 is 4.74 Å². The number of benzene rings is 1. The molecule has 1 fully saturated rings. The van der Waals surface area contributed by atoms with Gasteiger partial charge in [0.2, 0.25) is 0 Å². The van der Waals surface area contributed by atoms with Gasteiger partial charge in [0.15, 0.2) is 11.2 Å². The number of rotatable bonds is 2. The molecule has 0 radical (unpaired) electrons. The second-order valence-corrected chi connectivity index (χ2v) is 5.60. The molecule has 18 heavy (non-hydrogen) atoms. The van der Waals surface area contributed by atoms with Crippen LogP contribution in [-0.2, 0) is 19.7 Å². The molecule has 96 valence electrons. The van der Waals surface area contributed by atoms with Gasteiger partial charge in [-0.3, -0.25) is 9.59 Å². The Morgan fingerprint density at radius 1 is 1.28 bits per heavy atom. The summed E-state index contributed by atoms with van der Waals surface area (Å²) in [4.78, 5) is 24.4. The summed E-state index contributed by atoms with van der Waals surface area (Å²) in [7, 11) is 0. The van der Waals surface area contributed by atoms with E-state index < -0.39 is 17.0 Å². The third-order valence-corrected chi connectivity index (χ3v) is 3.61. The Kier molecular flexibility index (Phi) is 2.80. The van der Waals surface area contributed by atoms with Crippen molar-refractivity contribution < 1.29 is 14.3 Å². The van der Waals surface area contributed by atoms with E-state index in [1.165, 1.54) is 6.92 Å². The first-order valence-electron chi connectivity index (χ1n) is 6.10. The Morgan fingerprint density at radius 2 is 1.89 bits per heavy atom. The molecule has 1 aliphatic heterocycles. The fraction of sp³-hybridized carbons (Fsp3) is 0.467. The van der Waals surface area contributed by atoms with Crippen LogP contribution in [-0.4, -0.2) is 17.4 Å². The van der Waals surface area contributed by atoms with E-state index in [2.05, 4.69) is 0 Å². The first-order valence-corrected chi connectivity index (χ1v) is 6.10. The van der Waals surface area contributed by atoms with E-state index in [0.29, 0.717) is 6.42 Å². The third kappa shape index (κ3) is 1.74. The molecule has 0 aromatic heterocycles. The topological polar surface area (TPSA) is 43.4 Å². The Labute approximate surface area is 107 Å². The molecule has 0 aliphatic carbocycles. The largest absolute Gasteiger partial charge is 0.459 e. The van der Waals surface area contributed by atoms with Gasteiger partial charge in [-0.05, 0) is 38.8 Å². The lowest BCUT2D eigenvalue weighted by atomic mass is 9.71. The predicted octanol–water partition coefficient (Wildman–Crippen LogP) is 2.55. The number of ketones is 1. The number of ether oxygens (including phenoxy) is 1. The van der Waals surface area contributed by atoms with Gasteiger partial charge in [0.05, 0.1) is 0 Å². The normalized spacial score (nSPS) is 25.9. The van der Waals surface area contributed by atoms with Crippen LogP contribution in [0.2, 0.25) is 0 Å². The first-order chi connectivity index (χ1) is 8.29. The molecule has 0 spiro atoms. The molecule has 3 nitrogen and oxygen atoms in total. The number of hydrogen-bond donors (Lipinski definition) is 0. The molecule has 2 rings (SSSR count). The van der Waals surface area contributed by atoms with E-state index in [-0.39, 0.29) is 5.78 Å². The van der Waals surface area contributed by atoms with Crippen molar-refractivity contribution in [2.75, 3.05) is 0 Å². The molecule has 1 saturated heterocycles. The van der Waals surface area contributed by atoms with Gasteiger partial charge in [-0.2, -0.15) is 0 Å². The summed E-state index contributed by atoms with van der Waals surface area (Å²) in [5.41, 5.74) is -0.00436. The Morgan fingerprint density at radius 3 is 2.33 bits per heavy atom. The SMILES string of the molecule is CC(=O)[C@]1(c2ccccc2C)CC(C)(C)OC1=O. The zero-order valence-corrected chi connectivity index (χ0v) is 11.2. The van der Waals surface area contributed by atoms with Crippen LogP contribution in [0.15, 0.2) is 24.3 Å². The second kappa shape index (κ2) is 3.94. The van der Waals surface area contributed by atoms with Gasteiger partial charge in [-0.25, -0.2) is 0 Å². The predicted molar refractivity (Wildman–Crippen MR) is 68.3 cm³/mol. The zero-order valence-electron chi connectivity index (χ0n) is 11.2. The highest BCUT2D eigenvalue weighted by molar-refractivity contribution is 6.10. The van der Waals surface area contributed by atoms with Gasteiger partial charge in [-0.15, -0.1) is 0 Å². The van der Waals surface area contributed by atoms with E-state index in [1.807, 2.05) is 45.0 Å². The van der Waals surface area contributed by atoms with Crippen molar-refractivity contribution in [2.24, 2.45) is 0 Å². The van der Waals surface area contributed by atoms with Crippen LogP contribution >= 0.6 is 0 Å². The smallest absolute Gasteiger partial charge is 0.324 e. The van der Waals surface area contributed by atoms with Crippen molar-refractivity contribution in [1.29, 1.82) is 0 Å². The summed E-state index contributed by atoms with van der Waals surface area (Å²) in [6, 6.07) is 7.52. The monoisotopic (exact) mass is 246 g/mol. The molecular weight excluding hydrogens is 228 g/mol. The summed E-state index contributed by atoms with van der Waals surface area (Å²) in [5, 5.41) is 0. The molecule has 1 atom stereocenters. The van der Waals surface area contributed by atoms with Crippen molar-refractivity contribution in [3.8, 4) is 0 Å². The summed E-state index contributed by atoms with van der Waals surface area (Å²) >= 11 is 0. The third-order valence-electron chi connectivity index (χ3n) is 3.61. The number of Topliss-reactive ketones (excluding diaryl/α,β-unsaturated/α-hetero) is 1. The molecule has 1 aromatic rings. The lowest BCUT2D eigenvalue weighted by molar-refractivity contribution is -0.151. The van der Waals surface area contributed by atoms with Crippen molar-refractivity contribution >= 4 is 11.8 Å². The number of aryl methyl sites for hydroxylation is 1. The van der Waals surface area contributed by atoms with Gasteiger partial charge in [0.25, 0.3) is 0 Å². The number of hydrogen-bond acceptors (Lipinski definition) is 3. The molecule has 1 heterocycles. The van der Waals surface area contributed by atoms with Crippen molar-refractivity contribution in [1.82, 2.24) is 0 Å². The molecule has 1 aliphatic rings. The highest BCUT2D eigenvalue weighted by atomic mass is 16.6. The highest BCUT2D eigenvalue weighted by Crippen LogP contribution is 2.44. The average Bonchev–Trinajstić information content (AvgIpc) is 2.50. The van der Waals surface area contributed by atoms with Crippen molar-refractivity contribution in [2.45, 2.75) is 45.1 Å². The maximum absolute atomic E-state index is 12.3. The number of cyclic esters (lactones) is 1. The molecule has 0 saturated carbocycles. The quantitative estimate of drug-likeness (QED) is 0.595. The maximum atomic E-state index is 12.3. The van der Waals surface area contributed by atoms with Crippen LogP contribution in [0, 0.1) is 6.92 Å². The highest BCUT2D eigenvalue weighted by Gasteiger charge is 2.57. The van der Waals surface area contributed by atoms with E-state index >= 15 is 0 Å². The summed E-state index contributed by atoms with van der Waals surface area (Å²) in [6.45, 7) is 7.06. The van der Waals surface area contributed by atoms with E-state index in [1.54, 1.807) is 0 Å². The Balaban J connectivity index is 2.64. The van der Waals surface area contributed by atoms with Crippen LogP contribution in [0.3, 0.4) is 0 Å². The number of esters is 1. The van der Waals surface area contributed by atoms with Crippen LogP contribution < -0.4 is 0 Å². The van der Waals surface area contributed by atoms with Gasteiger partial charge >= 0.3 is 5.97 Å². The molecule has 0 bridgehead atoms. The number of carbonyl (C=O) groups excluding carboxylic acids is 2. The molecule has 0 N–H and O–H groups in total. The molecule has 0 unspecified atom stereocenters. The van der Waals surface area contributed by atoms with E-state index in [9.17, 15) is 9.59 Å². The Hall–Kier alpha value is -1.64. The average molecular weight is 246 g/mol. The van der Waals surface area contributed by atoms with Crippen LogP contribution in [0.25, 0.3) is 0 Å². The standard InChI is InChI=1S/C15H18O3/c1-10-7-5-6-8-12(10)15(11(2)16)9-14(3,4)18-13(15)17/h5-8H,9H2,1-4H3/t15-/m0/s1. The molecule has 0 amide bonds. The van der Waals surface area contributed by atoms with E-state index in [0.717, 1.165) is 11.1 Å². The molecule has 3 heteroatoms. The minimum Gasteiger partial charge on any atom is -0.459 e. The first kappa shape index (κ1) is 12.8. The van der Waals surface area contributed by atoms with Gasteiger partial charge in [-0.1, -0.05) is 24.3 Å². The van der Waals surface area contributed by atoms with Crippen LogP contribution in [0.4, 0.5) is 0 Å². The molecule has 1 aromatic carbocycles. The van der Waals surface area contributed by atoms with E-state index in [4.69, 9.17) is 4.74 Å². The zero-order chi connectivity index (χ0) is 13.6. The van der Waals surface area contributed by atoms with Crippen molar-refractivity contribution in [3.63, 3.8) is 0 Å². The maximum Gasteiger partial charge on any atom is 0.324 e. The fourth-order valence-corrected chi connectivity index (χ4v) is 2.80. The second-order valence-electron chi connectivity index (χ2n) is 5.60. The Bertz CT molecular complexity index is 516. The fourth-order valence-electron chi connectivity index (χ4n) is 2.80. The number of carbonyl (C=O) groups is 2. The van der Waals surface area contributed by atoms with Crippen LogP contribution in [0.5, 0.6) is 0 Å². The minimum absolute atomic E-state index is 0.146. The summed E-state index contributed by atoms with van der Waals surface area (Å²) in [6.07, 6.45) is 0.402. The lowest BCUT2D eigenvalue weighted by Crippen LogP contribution is -2.40. The summed E-state index contributed by atoms with van der Waals surface area (Å²) < 4.78 is 5.38. The van der Waals surface area contributed by atoms with Crippen LogP contribution in [0.1, 0.15) is 38.3 Å². The summed E-state index contributed by atoms with van der Waals surface area (Å²) in [5.74, 6) is -0.568. The van der Waals surface area contributed by atoms with Crippen molar-refractivity contribution in [3.05, 3.63) is 35.4 Å².